The molecule has 0 spiro atoms. The van der Waals surface area contributed by atoms with E-state index >= 15 is 0 Å². The zero-order valence-electron chi connectivity index (χ0n) is 11.3. The van der Waals surface area contributed by atoms with Gasteiger partial charge in [0.2, 0.25) is 0 Å². The van der Waals surface area contributed by atoms with Gasteiger partial charge in [0.05, 0.1) is 11.4 Å². The standard InChI is InChI=1S/C16H19N3/c1-13-6-10-19(11-7-13)14-5-9-18-16(12-14)15-4-2-3-8-17-15/h2-5,8-9,12-13H,6-7,10-11H2,1H3. The number of anilines is 1. The topological polar surface area (TPSA) is 29.0 Å². The quantitative estimate of drug-likeness (QED) is 0.821. The number of hydrogen-bond donors (Lipinski definition) is 0. The van der Waals surface area contributed by atoms with E-state index in [1.807, 2.05) is 30.6 Å². The predicted octanol–water partition coefficient (Wildman–Crippen LogP) is 3.38. The monoisotopic (exact) mass is 253 g/mol. The summed E-state index contributed by atoms with van der Waals surface area (Å²) in [5.41, 5.74) is 3.16. The summed E-state index contributed by atoms with van der Waals surface area (Å²) in [5.74, 6) is 0.855. The summed E-state index contributed by atoms with van der Waals surface area (Å²) in [4.78, 5) is 11.2. The Bertz CT molecular complexity index is 531. The van der Waals surface area contributed by atoms with Crippen molar-refractivity contribution in [1.29, 1.82) is 0 Å². The van der Waals surface area contributed by atoms with E-state index in [0.717, 1.165) is 30.4 Å². The Hall–Kier alpha value is -1.90. The van der Waals surface area contributed by atoms with Crippen molar-refractivity contribution >= 4 is 5.69 Å². The van der Waals surface area contributed by atoms with Crippen LogP contribution in [0.1, 0.15) is 19.8 Å². The first kappa shape index (κ1) is 12.2. The maximum absolute atomic E-state index is 4.43. The average molecular weight is 253 g/mol. The summed E-state index contributed by atoms with van der Waals surface area (Å²) < 4.78 is 0. The van der Waals surface area contributed by atoms with E-state index in [1.165, 1.54) is 18.5 Å². The fraction of sp³-hybridized carbons (Fsp3) is 0.375. The van der Waals surface area contributed by atoms with E-state index < -0.39 is 0 Å². The molecule has 0 atom stereocenters. The fourth-order valence-electron chi connectivity index (χ4n) is 2.54. The Morgan fingerprint density at radius 2 is 1.79 bits per heavy atom. The third-order valence-electron chi connectivity index (χ3n) is 3.82. The molecule has 0 aliphatic carbocycles. The molecule has 2 aromatic rings. The van der Waals surface area contributed by atoms with Crippen LogP contribution in [-0.4, -0.2) is 23.1 Å². The van der Waals surface area contributed by atoms with Gasteiger partial charge in [-0.1, -0.05) is 13.0 Å². The van der Waals surface area contributed by atoms with Gasteiger partial charge < -0.3 is 4.90 Å². The van der Waals surface area contributed by atoms with E-state index in [2.05, 4.69) is 33.9 Å². The van der Waals surface area contributed by atoms with Crippen molar-refractivity contribution in [2.24, 2.45) is 5.92 Å². The second-order valence-corrected chi connectivity index (χ2v) is 5.28. The van der Waals surface area contributed by atoms with Crippen molar-refractivity contribution in [2.75, 3.05) is 18.0 Å². The van der Waals surface area contributed by atoms with Gasteiger partial charge in [-0.3, -0.25) is 9.97 Å². The molecule has 19 heavy (non-hydrogen) atoms. The van der Waals surface area contributed by atoms with Crippen LogP contribution in [0, 0.1) is 5.92 Å². The molecule has 0 saturated carbocycles. The summed E-state index contributed by atoms with van der Waals surface area (Å²) >= 11 is 0. The van der Waals surface area contributed by atoms with E-state index in [-0.39, 0.29) is 0 Å². The van der Waals surface area contributed by atoms with Crippen LogP contribution in [0.5, 0.6) is 0 Å². The Kier molecular flexibility index (Phi) is 3.45. The molecule has 1 fully saturated rings. The highest BCUT2D eigenvalue weighted by Gasteiger charge is 2.16. The first-order chi connectivity index (χ1) is 9.33. The molecule has 0 radical (unpaired) electrons. The first-order valence-corrected chi connectivity index (χ1v) is 6.95. The maximum atomic E-state index is 4.43. The lowest BCUT2D eigenvalue weighted by atomic mass is 9.99. The largest absolute Gasteiger partial charge is 0.371 e. The normalized spacial score (nSPS) is 16.6. The third kappa shape index (κ3) is 2.75. The van der Waals surface area contributed by atoms with Gasteiger partial charge >= 0.3 is 0 Å². The summed E-state index contributed by atoms with van der Waals surface area (Å²) in [6.45, 7) is 4.63. The molecular formula is C16H19N3. The molecule has 3 heterocycles. The van der Waals surface area contributed by atoms with Crippen LogP contribution in [0.15, 0.2) is 42.7 Å². The molecule has 3 rings (SSSR count). The molecule has 3 heteroatoms. The molecule has 3 nitrogen and oxygen atoms in total. The highest BCUT2D eigenvalue weighted by Crippen LogP contribution is 2.25. The summed E-state index contributed by atoms with van der Waals surface area (Å²) in [7, 11) is 0. The maximum Gasteiger partial charge on any atom is 0.0906 e. The molecule has 1 aliphatic heterocycles. The van der Waals surface area contributed by atoms with Gasteiger partial charge in [-0.15, -0.1) is 0 Å². The molecule has 98 valence electrons. The van der Waals surface area contributed by atoms with Gasteiger partial charge in [-0.25, -0.2) is 0 Å². The molecule has 1 saturated heterocycles. The molecule has 2 aromatic heterocycles. The molecule has 0 bridgehead atoms. The second kappa shape index (κ2) is 5.39. The van der Waals surface area contributed by atoms with Gasteiger partial charge in [0, 0.05) is 31.2 Å². The summed E-state index contributed by atoms with van der Waals surface area (Å²) in [5, 5.41) is 0. The van der Waals surface area contributed by atoms with Crippen molar-refractivity contribution in [3.63, 3.8) is 0 Å². The fourth-order valence-corrected chi connectivity index (χ4v) is 2.54. The van der Waals surface area contributed by atoms with E-state index in [4.69, 9.17) is 0 Å². The van der Waals surface area contributed by atoms with Gasteiger partial charge in [-0.2, -0.15) is 0 Å². The third-order valence-corrected chi connectivity index (χ3v) is 3.82. The van der Waals surface area contributed by atoms with Crippen LogP contribution in [0.4, 0.5) is 5.69 Å². The molecule has 0 amide bonds. The molecule has 0 aromatic carbocycles. The lowest BCUT2D eigenvalue weighted by Gasteiger charge is -2.32. The number of rotatable bonds is 2. The van der Waals surface area contributed by atoms with E-state index in [0.29, 0.717) is 0 Å². The number of aromatic nitrogens is 2. The van der Waals surface area contributed by atoms with E-state index in [1.54, 1.807) is 0 Å². The zero-order chi connectivity index (χ0) is 13.1. The zero-order valence-corrected chi connectivity index (χ0v) is 11.3. The molecule has 1 aliphatic rings. The van der Waals surface area contributed by atoms with Crippen LogP contribution in [-0.2, 0) is 0 Å². The highest BCUT2D eigenvalue weighted by molar-refractivity contribution is 5.61. The minimum atomic E-state index is 0.855. The molecular weight excluding hydrogens is 234 g/mol. The van der Waals surface area contributed by atoms with Crippen molar-refractivity contribution in [3.8, 4) is 11.4 Å². The lowest BCUT2D eigenvalue weighted by molar-refractivity contribution is 0.438. The van der Waals surface area contributed by atoms with Crippen molar-refractivity contribution in [1.82, 2.24) is 9.97 Å². The van der Waals surface area contributed by atoms with Crippen LogP contribution >= 0.6 is 0 Å². The number of nitrogens with zero attached hydrogens (tertiary/aromatic N) is 3. The summed E-state index contributed by atoms with van der Waals surface area (Å²) in [6, 6.07) is 10.2. The Labute approximate surface area is 114 Å². The molecule has 0 unspecified atom stereocenters. The van der Waals surface area contributed by atoms with Gasteiger partial charge in [0.15, 0.2) is 0 Å². The smallest absolute Gasteiger partial charge is 0.0906 e. The van der Waals surface area contributed by atoms with Gasteiger partial charge in [0.1, 0.15) is 0 Å². The van der Waals surface area contributed by atoms with Crippen LogP contribution in [0.2, 0.25) is 0 Å². The highest BCUT2D eigenvalue weighted by atomic mass is 15.1. The van der Waals surface area contributed by atoms with Gasteiger partial charge in [-0.05, 0) is 43.0 Å². The minimum Gasteiger partial charge on any atom is -0.371 e. The van der Waals surface area contributed by atoms with Crippen molar-refractivity contribution in [3.05, 3.63) is 42.7 Å². The minimum absolute atomic E-state index is 0.855. The van der Waals surface area contributed by atoms with Crippen LogP contribution in [0.25, 0.3) is 11.4 Å². The Morgan fingerprint density at radius 3 is 2.53 bits per heavy atom. The number of hydrogen-bond acceptors (Lipinski definition) is 3. The molecule has 0 N–H and O–H groups in total. The summed E-state index contributed by atoms with van der Waals surface area (Å²) in [6.07, 6.45) is 6.26. The van der Waals surface area contributed by atoms with Gasteiger partial charge in [0.25, 0.3) is 0 Å². The van der Waals surface area contributed by atoms with Crippen LogP contribution < -0.4 is 4.90 Å². The van der Waals surface area contributed by atoms with Crippen molar-refractivity contribution < 1.29 is 0 Å². The number of piperidine rings is 1. The SMILES string of the molecule is CC1CCN(c2ccnc(-c3ccccn3)c2)CC1. The predicted molar refractivity (Wildman–Crippen MR) is 78.1 cm³/mol. The van der Waals surface area contributed by atoms with E-state index in [9.17, 15) is 0 Å². The number of pyridine rings is 2. The Balaban J connectivity index is 1.84. The lowest BCUT2D eigenvalue weighted by Crippen LogP contribution is -2.32. The first-order valence-electron chi connectivity index (χ1n) is 6.95. The second-order valence-electron chi connectivity index (χ2n) is 5.28. The average Bonchev–Trinajstić information content (AvgIpc) is 2.49. The van der Waals surface area contributed by atoms with Crippen molar-refractivity contribution in [2.45, 2.75) is 19.8 Å². The Morgan fingerprint density at radius 1 is 1.00 bits per heavy atom. The van der Waals surface area contributed by atoms with Crippen LogP contribution in [0.3, 0.4) is 0 Å².